The second-order valence-corrected chi connectivity index (χ2v) is 8.10. The van der Waals surface area contributed by atoms with Crippen LogP contribution in [0.4, 0.5) is 0 Å². The third kappa shape index (κ3) is 4.23. The summed E-state index contributed by atoms with van der Waals surface area (Å²) in [4.78, 5) is 9.69. The van der Waals surface area contributed by atoms with Gasteiger partial charge in [0, 0.05) is 45.8 Å². The maximum Gasteiger partial charge on any atom is 0.193 e. The Morgan fingerprint density at radius 1 is 1.12 bits per heavy atom. The van der Waals surface area contributed by atoms with Crippen molar-refractivity contribution in [2.24, 2.45) is 22.7 Å². The van der Waals surface area contributed by atoms with Gasteiger partial charge in [-0.15, -0.1) is 0 Å². The zero-order chi connectivity index (χ0) is 16.9. The van der Waals surface area contributed by atoms with Gasteiger partial charge in [0.2, 0.25) is 0 Å². The molecule has 0 aromatic heterocycles. The molecule has 1 aliphatic carbocycles. The van der Waals surface area contributed by atoms with Crippen LogP contribution >= 0.6 is 0 Å². The van der Waals surface area contributed by atoms with E-state index in [0.717, 1.165) is 50.6 Å². The second-order valence-electron chi connectivity index (χ2n) is 8.10. The lowest BCUT2D eigenvalue weighted by molar-refractivity contribution is 0.00741. The van der Waals surface area contributed by atoms with E-state index in [1.807, 2.05) is 7.05 Å². The molecule has 0 bridgehead atoms. The van der Waals surface area contributed by atoms with Gasteiger partial charge in [-0.1, -0.05) is 26.7 Å². The quantitative estimate of drug-likeness (QED) is 0.630. The molecule has 2 aliphatic heterocycles. The summed E-state index contributed by atoms with van der Waals surface area (Å²) >= 11 is 0. The average molecular weight is 337 g/mol. The van der Waals surface area contributed by atoms with Gasteiger partial charge in [0.05, 0.1) is 13.2 Å². The summed E-state index contributed by atoms with van der Waals surface area (Å²) in [5, 5.41) is 3.69. The molecule has 138 valence electrons. The summed E-state index contributed by atoms with van der Waals surface area (Å²) in [5.74, 6) is 3.55. The number of rotatable bonds is 4. The van der Waals surface area contributed by atoms with Gasteiger partial charge in [0.25, 0.3) is 0 Å². The van der Waals surface area contributed by atoms with Crippen molar-refractivity contribution in [3.8, 4) is 0 Å². The first kappa shape index (κ1) is 18.0. The van der Waals surface area contributed by atoms with Gasteiger partial charge in [-0.2, -0.15) is 0 Å². The Labute approximate surface area is 147 Å². The number of ether oxygens (including phenoxy) is 1. The summed E-state index contributed by atoms with van der Waals surface area (Å²) in [6, 6.07) is 0.551. The van der Waals surface area contributed by atoms with Crippen LogP contribution in [0.5, 0.6) is 0 Å². The number of guanidine groups is 1. The molecule has 3 unspecified atom stereocenters. The van der Waals surface area contributed by atoms with E-state index in [2.05, 4.69) is 34.0 Å². The van der Waals surface area contributed by atoms with Gasteiger partial charge in [0.15, 0.2) is 5.96 Å². The summed E-state index contributed by atoms with van der Waals surface area (Å²) in [5.41, 5.74) is 0. The Hall–Kier alpha value is -0.810. The van der Waals surface area contributed by atoms with E-state index in [9.17, 15) is 0 Å². The second kappa shape index (κ2) is 8.52. The summed E-state index contributed by atoms with van der Waals surface area (Å²) in [6.07, 6.45) is 5.68. The molecule has 0 radical (unpaired) electrons. The third-order valence-electron chi connectivity index (χ3n) is 6.24. The SMILES string of the molecule is CN=C(NCC(C(C)C)N1CCOCC1)N1CC2CCCCC2C1. The van der Waals surface area contributed by atoms with Crippen LogP contribution in [0.3, 0.4) is 0 Å². The lowest BCUT2D eigenvalue weighted by Crippen LogP contribution is -2.53. The summed E-state index contributed by atoms with van der Waals surface area (Å²) in [7, 11) is 1.93. The molecule has 2 heterocycles. The molecule has 1 N–H and O–H groups in total. The Balaban J connectivity index is 1.54. The minimum atomic E-state index is 0.551. The van der Waals surface area contributed by atoms with Gasteiger partial charge in [-0.3, -0.25) is 9.89 Å². The van der Waals surface area contributed by atoms with E-state index in [-0.39, 0.29) is 0 Å². The smallest absolute Gasteiger partial charge is 0.193 e. The number of morpholine rings is 1. The number of likely N-dealkylation sites (tertiary alicyclic amines) is 1. The maximum atomic E-state index is 5.52. The molecule has 2 saturated heterocycles. The first-order valence-corrected chi connectivity index (χ1v) is 9.96. The highest BCUT2D eigenvalue weighted by Gasteiger charge is 2.35. The van der Waals surface area contributed by atoms with Gasteiger partial charge < -0.3 is 15.0 Å². The molecule has 3 atom stereocenters. The first-order chi connectivity index (χ1) is 11.7. The van der Waals surface area contributed by atoms with Crippen LogP contribution < -0.4 is 5.32 Å². The highest BCUT2D eigenvalue weighted by atomic mass is 16.5. The Morgan fingerprint density at radius 2 is 1.75 bits per heavy atom. The van der Waals surface area contributed by atoms with E-state index < -0.39 is 0 Å². The largest absolute Gasteiger partial charge is 0.379 e. The molecule has 0 aromatic rings. The number of nitrogens with zero attached hydrogens (tertiary/aromatic N) is 3. The van der Waals surface area contributed by atoms with Crippen molar-refractivity contribution in [3.63, 3.8) is 0 Å². The third-order valence-corrected chi connectivity index (χ3v) is 6.24. The predicted octanol–water partition coefficient (Wildman–Crippen LogP) is 2.04. The van der Waals surface area contributed by atoms with E-state index in [1.165, 1.54) is 38.8 Å². The van der Waals surface area contributed by atoms with Gasteiger partial charge in [-0.05, 0) is 30.6 Å². The van der Waals surface area contributed by atoms with Crippen LogP contribution in [-0.4, -0.2) is 74.8 Å². The standard InChI is InChI=1S/C19H36N4O/c1-15(2)18(22-8-10-24-11-9-22)12-21-19(20-3)23-13-16-6-4-5-7-17(16)14-23/h15-18H,4-14H2,1-3H3,(H,20,21). The zero-order valence-corrected chi connectivity index (χ0v) is 15.8. The minimum Gasteiger partial charge on any atom is -0.379 e. The molecule has 3 fully saturated rings. The van der Waals surface area contributed by atoms with Crippen molar-refractivity contribution in [1.29, 1.82) is 0 Å². The van der Waals surface area contributed by atoms with Crippen LogP contribution in [-0.2, 0) is 4.74 Å². The fourth-order valence-electron chi connectivity index (χ4n) is 4.80. The molecule has 3 aliphatic rings. The van der Waals surface area contributed by atoms with Crippen molar-refractivity contribution in [2.45, 2.75) is 45.6 Å². The normalized spacial score (nSPS) is 30.5. The van der Waals surface area contributed by atoms with Crippen molar-refractivity contribution in [1.82, 2.24) is 15.1 Å². The first-order valence-electron chi connectivity index (χ1n) is 9.96. The molecular formula is C19H36N4O. The van der Waals surface area contributed by atoms with Crippen LogP contribution in [0.25, 0.3) is 0 Å². The molecule has 3 rings (SSSR count). The van der Waals surface area contributed by atoms with Gasteiger partial charge >= 0.3 is 0 Å². The number of hydrogen-bond donors (Lipinski definition) is 1. The van der Waals surface area contributed by atoms with E-state index in [4.69, 9.17) is 4.74 Å². The number of aliphatic imine (C=N–C) groups is 1. The highest BCUT2D eigenvalue weighted by Crippen LogP contribution is 2.35. The summed E-state index contributed by atoms with van der Waals surface area (Å²) < 4.78 is 5.52. The lowest BCUT2D eigenvalue weighted by atomic mass is 9.82. The molecule has 1 saturated carbocycles. The Kier molecular flexibility index (Phi) is 6.39. The van der Waals surface area contributed by atoms with Crippen LogP contribution in [0, 0.1) is 17.8 Å². The molecular weight excluding hydrogens is 300 g/mol. The van der Waals surface area contributed by atoms with Gasteiger partial charge in [-0.25, -0.2) is 0 Å². The maximum absolute atomic E-state index is 5.52. The van der Waals surface area contributed by atoms with E-state index >= 15 is 0 Å². The van der Waals surface area contributed by atoms with Crippen molar-refractivity contribution in [3.05, 3.63) is 0 Å². The molecule has 0 aromatic carbocycles. The molecule has 24 heavy (non-hydrogen) atoms. The van der Waals surface area contributed by atoms with Crippen LogP contribution in [0.15, 0.2) is 4.99 Å². The van der Waals surface area contributed by atoms with Crippen molar-refractivity contribution in [2.75, 3.05) is 53.0 Å². The number of fused-ring (bicyclic) bond motifs is 1. The predicted molar refractivity (Wildman–Crippen MR) is 99.4 cm³/mol. The average Bonchev–Trinajstić information content (AvgIpc) is 3.03. The Morgan fingerprint density at radius 3 is 2.29 bits per heavy atom. The molecule has 5 nitrogen and oxygen atoms in total. The molecule has 0 spiro atoms. The van der Waals surface area contributed by atoms with Crippen molar-refractivity contribution < 1.29 is 4.74 Å². The summed E-state index contributed by atoms with van der Waals surface area (Å²) in [6.45, 7) is 11.9. The zero-order valence-electron chi connectivity index (χ0n) is 15.8. The topological polar surface area (TPSA) is 40.1 Å². The fraction of sp³-hybridized carbons (Fsp3) is 0.947. The Bertz CT molecular complexity index is 406. The van der Waals surface area contributed by atoms with E-state index in [0.29, 0.717) is 12.0 Å². The molecule has 0 amide bonds. The lowest BCUT2D eigenvalue weighted by Gasteiger charge is -2.37. The highest BCUT2D eigenvalue weighted by molar-refractivity contribution is 5.80. The van der Waals surface area contributed by atoms with E-state index in [1.54, 1.807) is 0 Å². The van der Waals surface area contributed by atoms with Gasteiger partial charge in [0.1, 0.15) is 0 Å². The monoisotopic (exact) mass is 336 g/mol. The van der Waals surface area contributed by atoms with Crippen LogP contribution in [0.2, 0.25) is 0 Å². The fourth-order valence-corrected chi connectivity index (χ4v) is 4.80. The number of nitrogens with one attached hydrogen (secondary N) is 1. The van der Waals surface area contributed by atoms with Crippen molar-refractivity contribution >= 4 is 5.96 Å². The molecule has 5 heteroatoms. The van der Waals surface area contributed by atoms with Crippen LogP contribution in [0.1, 0.15) is 39.5 Å². The minimum absolute atomic E-state index is 0.551. The number of hydrogen-bond acceptors (Lipinski definition) is 3.